The van der Waals surface area contributed by atoms with E-state index < -0.39 is 0 Å². The molecule has 0 aliphatic heterocycles. The number of benzene rings is 1. The molecule has 4 heteroatoms. The van der Waals surface area contributed by atoms with E-state index in [0.717, 1.165) is 28.6 Å². The molecule has 1 unspecified atom stereocenters. The maximum atomic E-state index is 5.59. The van der Waals surface area contributed by atoms with E-state index >= 15 is 0 Å². The highest BCUT2D eigenvalue weighted by Gasteiger charge is 2.12. The Morgan fingerprint density at radius 1 is 1.59 bits per heavy atom. The van der Waals surface area contributed by atoms with E-state index in [1.54, 1.807) is 7.11 Å². The van der Waals surface area contributed by atoms with Crippen LogP contribution in [0.5, 0.6) is 5.75 Å². The standard InChI is InChI=1S/C13H19BrN2O/c1-4-9(2)7-12(16-15)10-5-6-13(17-3)11(14)8-10/h5-6,8,12,16H,2,4,7,15H2,1,3H3. The summed E-state index contributed by atoms with van der Waals surface area (Å²) in [5, 5.41) is 0. The predicted molar refractivity (Wildman–Crippen MR) is 74.8 cm³/mol. The summed E-state index contributed by atoms with van der Waals surface area (Å²) in [7, 11) is 1.65. The molecule has 0 saturated heterocycles. The van der Waals surface area contributed by atoms with Gasteiger partial charge in [0.15, 0.2) is 0 Å². The molecule has 0 aromatic heterocycles. The average Bonchev–Trinajstić information content (AvgIpc) is 2.35. The Balaban J connectivity index is 2.88. The Bertz CT molecular complexity index is 393. The van der Waals surface area contributed by atoms with Gasteiger partial charge in [-0.2, -0.15) is 0 Å². The molecule has 0 bridgehead atoms. The molecule has 17 heavy (non-hydrogen) atoms. The minimum atomic E-state index is 0.0876. The van der Waals surface area contributed by atoms with Crippen molar-refractivity contribution in [2.45, 2.75) is 25.8 Å². The second kappa shape index (κ2) is 6.79. The normalized spacial score (nSPS) is 12.2. The molecule has 0 aliphatic rings. The Labute approximate surface area is 111 Å². The maximum Gasteiger partial charge on any atom is 0.133 e. The molecule has 0 radical (unpaired) electrons. The van der Waals surface area contributed by atoms with Crippen LogP contribution in [-0.2, 0) is 0 Å². The van der Waals surface area contributed by atoms with Gasteiger partial charge in [0, 0.05) is 6.04 Å². The number of hydrazine groups is 1. The van der Waals surface area contributed by atoms with Crippen molar-refractivity contribution < 1.29 is 4.74 Å². The maximum absolute atomic E-state index is 5.59. The van der Waals surface area contributed by atoms with Gasteiger partial charge >= 0.3 is 0 Å². The third-order valence-electron chi connectivity index (χ3n) is 2.77. The number of rotatable bonds is 6. The monoisotopic (exact) mass is 298 g/mol. The summed E-state index contributed by atoms with van der Waals surface area (Å²) in [6.07, 6.45) is 1.81. The lowest BCUT2D eigenvalue weighted by Gasteiger charge is -2.18. The molecule has 1 rings (SSSR count). The van der Waals surface area contributed by atoms with Crippen LogP contribution in [-0.4, -0.2) is 7.11 Å². The van der Waals surface area contributed by atoms with Gasteiger partial charge in [0.2, 0.25) is 0 Å². The molecule has 1 aromatic carbocycles. The minimum Gasteiger partial charge on any atom is -0.496 e. The Kier molecular flexibility index (Phi) is 5.68. The van der Waals surface area contributed by atoms with Crippen LogP contribution in [0.2, 0.25) is 0 Å². The first-order valence-corrected chi connectivity index (χ1v) is 6.37. The summed E-state index contributed by atoms with van der Waals surface area (Å²) in [6, 6.07) is 6.05. The van der Waals surface area contributed by atoms with E-state index in [4.69, 9.17) is 10.6 Å². The molecule has 1 aromatic rings. The highest BCUT2D eigenvalue weighted by atomic mass is 79.9. The molecule has 0 aliphatic carbocycles. The lowest BCUT2D eigenvalue weighted by molar-refractivity contribution is 0.411. The van der Waals surface area contributed by atoms with E-state index in [0.29, 0.717) is 0 Å². The van der Waals surface area contributed by atoms with E-state index in [1.165, 1.54) is 5.57 Å². The van der Waals surface area contributed by atoms with Gasteiger partial charge in [-0.15, -0.1) is 0 Å². The Morgan fingerprint density at radius 2 is 2.29 bits per heavy atom. The lowest BCUT2D eigenvalue weighted by atomic mass is 9.99. The van der Waals surface area contributed by atoms with Crippen molar-refractivity contribution in [3.05, 3.63) is 40.4 Å². The van der Waals surface area contributed by atoms with Gasteiger partial charge in [0.1, 0.15) is 5.75 Å². The molecule has 0 amide bonds. The first-order valence-electron chi connectivity index (χ1n) is 5.58. The molecular formula is C13H19BrN2O. The van der Waals surface area contributed by atoms with Gasteiger partial charge < -0.3 is 4.74 Å². The molecule has 0 saturated carbocycles. The second-order valence-electron chi connectivity index (χ2n) is 3.92. The first-order chi connectivity index (χ1) is 8.12. The molecule has 0 fully saturated rings. The van der Waals surface area contributed by atoms with Crippen LogP contribution in [0, 0.1) is 0 Å². The van der Waals surface area contributed by atoms with Gasteiger partial charge in [-0.1, -0.05) is 25.1 Å². The van der Waals surface area contributed by atoms with Gasteiger partial charge in [-0.3, -0.25) is 11.3 Å². The summed E-state index contributed by atoms with van der Waals surface area (Å²) in [6.45, 7) is 6.11. The summed E-state index contributed by atoms with van der Waals surface area (Å²) in [5.74, 6) is 6.41. The van der Waals surface area contributed by atoms with Crippen LogP contribution in [0.1, 0.15) is 31.4 Å². The number of hydrogen-bond acceptors (Lipinski definition) is 3. The minimum absolute atomic E-state index is 0.0876. The van der Waals surface area contributed by atoms with E-state index in [2.05, 4.69) is 34.9 Å². The number of hydrogen-bond donors (Lipinski definition) is 2. The average molecular weight is 299 g/mol. The van der Waals surface area contributed by atoms with Crippen LogP contribution in [0.3, 0.4) is 0 Å². The molecule has 3 N–H and O–H groups in total. The van der Waals surface area contributed by atoms with Crippen molar-refractivity contribution in [1.29, 1.82) is 0 Å². The Hall–Kier alpha value is -0.840. The van der Waals surface area contributed by atoms with Crippen LogP contribution in [0.15, 0.2) is 34.8 Å². The van der Waals surface area contributed by atoms with Crippen molar-refractivity contribution >= 4 is 15.9 Å². The zero-order valence-corrected chi connectivity index (χ0v) is 11.9. The summed E-state index contributed by atoms with van der Waals surface area (Å²) >= 11 is 3.47. The summed E-state index contributed by atoms with van der Waals surface area (Å²) < 4.78 is 6.13. The molecule has 0 spiro atoms. The van der Waals surface area contributed by atoms with E-state index in [1.807, 2.05) is 18.2 Å². The lowest BCUT2D eigenvalue weighted by Crippen LogP contribution is -2.28. The number of nitrogens with two attached hydrogens (primary N) is 1. The van der Waals surface area contributed by atoms with Crippen molar-refractivity contribution in [2.75, 3.05) is 7.11 Å². The van der Waals surface area contributed by atoms with Crippen LogP contribution in [0.25, 0.3) is 0 Å². The predicted octanol–water partition coefficient (Wildman–Crippen LogP) is 3.32. The van der Waals surface area contributed by atoms with Gasteiger partial charge in [-0.05, 0) is 46.5 Å². The zero-order chi connectivity index (χ0) is 12.8. The van der Waals surface area contributed by atoms with Crippen molar-refractivity contribution in [1.82, 2.24) is 5.43 Å². The van der Waals surface area contributed by atoms with E-state index in [9.17, 15) is 0 Å². The highest BCUT2D eigenvalue weighted by Crippen LogP contribution is 2.30. The topological polar surface area (TPSA) is 47.3 Å². The van der Waals surface area contributed by atoms with Gasteiger partial charge in [0.05, 0.1) is 11.6 Å². The van der Waals surface area contributed by atoms with Crippen LogP contribution < -0.4 is 16.0 Å². The van der Waals surface area contributed by atoms with Crippen LogP contribution in [0.4, 0.5) is 0 Å². The zero-order valence-electron chi connectivity index (χ0n) is 10.3. The highest BCUT2D eigenvalue weighted by molar-refractivity contribution is 9.10. The molecular weight excluding hydrogens is 280 g/mol. The first kappa shape index (κ1) is 14.2. The second-order valence-corrected chi connectivity index (χ2v) is 4.78. The quantitative estimate of drug-likeness (QED) is 0.481. The molecule has 1 atom stereocenters. The number of ether oxygens (including phenoxy) is 1. The fourth-order valence-electron chi connectivity index (χ4n) is 1.61. The summed E-state index contributed by atoms with van der Waals surface area (Å²) in [4.78, 5) is 0. The van der Waals surface area contributed by atoms with Crippen molar-refractivity contribution in [3.63, 3.8) is 0 Å². The number of nitrogens with one attached hydrogen (secondary N) is 1. The third-order valence-corrected chi connectivity index (χ3v) is 3.39. The number of methoxy groups -OCH3 is 1. The summed E-state index contributed by atoms with van der Waals surface area (Å²) in [5.41, 5.74) is 5.13. The smallest absolute Gasteiger partial charge is 0.133 e. The molecule has 3 nitrogen and oxygen atoms in total. The fraction of sp³-hybridized carbons (Fsp3) is 0.385. The van der Waals surface area contributed by atoms with E-state index in [-0.39, 0.29) is 6.04 Å². The largest absolute Gasteiger partial charge is 0.496 e. The fourth-order valence-corrected chi connectivity index (χ4v) is 2.16. The number of halogens is 1. The van der Waals surface area contributed by atoms with Crippen LogP contribution >= 0.6 is 15.9 Å². The molecule has 0 heterocycles. The Morgan fingerprint density at radius 3 is 2.76 bits per heavy atom. The van der Waals surface area contributed by atoms with Crippen molar-refractivity contribution in [3.8, 4) is 5.75 Å². The SMILES string of the molecule is C=C(CC)CC(NN)c1ccc(OC)c(Br)c1. The third kappa shape index (κ3) is 3.84. The van der Waals surface area contributed by atoms with Gasteiger partial charge in [0.25, 0.3) is 0 Å². The molecule has 94 valence electrons. The van der Waals surface area contributed by atoms with Gasteiger partial charge in [-0.25, -0.2) is 0 Å². The van der Waals surface area contributed by atoms with Crippen molar-refractivity contribution in [2.24, 2.45) is 5.84 Å².